The number of fused-ring (bicyclic) bond motifs is 1. The first-order chi connectivity index (χ1) is 13.5. The predicted molar refractivity (Wildman–Crippen MR) is 119 cm³/mol. The second-order valence-corrected chi connectivity index (χ2v) is 6.88. The Morgan fingerprint density at radius 1 is 1.04 bits per heavy atom. The van der Waals surface area contributed by atoms with E-state index in [9.17, 15) is 4.79 Å². The Morgan fingerprint density at radius 2 is 1.71 bits per heavy atom. The Morgan fingerprint density at radius 3 is 2.32 bits per heavy atom. The number of hydrogen-bond acceptors (Lipinski definition) is 4. The maximum atomic E-state index is 12.9. The van der Waals surface area contributed by atoms with Gasteiger partial charge in [0.15, 0.2) is 5.78 Å². The van der Waals surface area contributed by atoms with E-state index in [1.807, 2.05) is 37.3 Å². The molecular formula is C24H27N3O. The molecule has 0 bridgehead atoms. The van der Waals surface area contributed by atoms with Gasteiger partial charge in [0.1, 0.15) is 0 Å². The zero-order valence-corrected chi connectivity index (χ0v) is 17.3. The first kappa shape index (κ1) is 19.7. The second-order valence-electron chi connectivity index (χ2n) is 6.88. The molecule has 2 aromatic carbocycles. The van der Waals surface area contributed by atoms with E-state index in [0.29, 0.717) is 11.1 Å². The number of rotatable bonds is 5. The first-order valence-electron chi connectivity index (χ1n) is 9.74. The fourth-order valence-electron chi connectivity index (χ4n) is 3.49. The van der Waals surface area contributed by atoms with Crippen molar-refractivity contribution in [2.75, 3.05) is 25.0 Å². The summed E-state index contributed by atoms with van der Waals surface area (Å²) in [5, 5.41) is 0. The standard InChI is InChI=1S/C24H27N3O/c1-6-27(7-2)18-12-13-22(16(3)14-18)26-23-15-21(17(4)25-5)24(28)20-11-9-8-10-19(20)23/h8-15H,6-7H2,1-5H3. The van der Waals surface area contributed by atoms with Gasteiger partial charge in [-0.25, -0.2) is 4.99 Å². The van der Waals surface area contributed by atoms with E-state index >= 15 is 0 Å². The van der Waals surface area contributed by atoms with Crippen LogP contribution in [0.5, 0.6) is 0 Å². The Balaban J connectivity index is 2.11. The molecule has 1 aliphatic carbocycles. The Kier molecular flexibility index (Phi) is 5.88. The Hall–Kier alpha value is -3.01. The van der Waals surface area contributed by atoms with Crippen molar-refractivity contribution in [2.45, 2.75) is 27.7 Å². The normalized spacial score (nSPS) is 15.5. The molecule has 28 heavy (non-hydrogen) atoms. The van der Waals surface area contributed by atoms with Crippen LogP contribution < -0.4 is 4.90 Å². The van der Waals surface area contributed by atoms with E-state index in [2.05, 4.69) is 48.9 Å². The lowest BCUT2D eigenvalue weighted by atomic mass is 9.87. The van der Waals surface area contributed by atoms with Crippen molar-refractivity contribution >= 4 is 28.6 Å². The van der Waals surface area contributed by atoms with Gasteiger partial charge in [0.05, 0.1) is 11.4 Å². The number of carbonyl (C=O) groups is 1. The monoisotopic (exact) mass is 373 g/mol. The van der Waals surface area contributed by atoms with Crippen molar-refractivity contribution in [3.05, 3.63) is 70.8 Å². The number of aliphatic imine (C=N–C) groups is 2. The van der Waals surface area contributed by atoms with Crippen LogP contribution in [0.25, 0.3) is 0 Å². The van der Waals surface area contributed by atoms with Gasteiger partial charge in [-0.05, 0) is 57.5 Å². The molecule has 0 saturated carbocycles. The smallest absolute Gasteiger partial charge is 0.195 e. The van der Waals surface area contributed by atoms with E-state index in [1.165, 1.54) is 5.69 Å². The van der Waals surface area contributed by atoms with Gasteiger partial charge in [-0.2, -0.15) is 0 Å². The molecule has 3 rings (SSSR count). The van der Waals surface area contributed by atoms with Crippen LogP contribution >= 0.6 is 0 Å². The van der Waals surface area contributed by atoms with E-state index in [1.54, 1.807) is 7.05 Å². The van der Waals surface area contributed by atoms with Crippen molar-refractivity contribution < 1.29 is 4.79 Å². The number of benzene rings is 2. The third kappa shape index (κ3) is 3.68. The fourth-order valence-corrected chi connectivity index (χ4v) is 3.49. The number of hydrogen-bond donors (Lipinski definition) is 0. The minimum absolute atomic E-state index is 0.00579. The molecule has 144 valence electrons. The first-order valence-corrected chi connectivity index (χ1v) is 9.74. The van der Waals surface area contributed by atoms with Crippen LogP contribution in [0.2, 0.25) is 0 Å². The van der Waals surface area contributed by atoms with E-state index in [-0.39, 0.29) is 5.78 Å². The molecule has 0 N–H and O–H groups in total. The summed E-state index contributed by atoms with van der Waals surface area (Å²) in [6.07, 6.45) is 1.87. The van der Waals surface area contributed by atoms with Gasteiger partial charge in [-0.3, -0.25) is 9.79 Å². The summed E-state index contributed by atoms with van der Waals surface area (Å²) in [5.74, 6) is 0.00579. The molecule has 2 aromatic rings. The lowest BCUT2D eigenvalue weighted by molar-refractivity contribution is 0.103. The summed E-state index contributed by atoms with van der Waals surface area (Å²) in [6.45, 7) is 10.2. The van der Waals surface area contributed by atoms with E-state index in [4.69, 9.17) is 4.99 Å². The van der Waals surface area contributed by atoms with Crippen LogP contribution in [0.3, 0.4) is 0 Å². The molecule has 4 nitrogen and oxygen atoms in total. The van der Waals surface area contributed by atoms with Crippen LogP contribution in [0.1, 0.15) is 42.3 Å². The van der Waals surface area contributed by atoms with Gasteiger partial charge in [-0.1, -0.05) is 24.3 Å². The third-order valence-electron chi connectivity index (χ3n) is 5.25. The molecule has 0 spiro atoms. The van der Waals surface area contributed by atoms with Gasteiger partial charge in [-0.15, -0.1) is 0 Å². The number of aryl methyl sites for hydroxylation is 1. The lowest BCUT2D eigenvalue weighted by Crippen LogP contribution is -2.22. The molecular weight excluding hydrogens is 346 g/mol. The zero-order valence-electron chi connectivity index (χ0n) is 17.3. The van der Waals surface area contributed by atoms with E-state index in [0.717, 1.165) is 41.3 Å². The summed E-state index contributed by atoms with van der Waals surface area (Å²) in [5.41, 5.74) is 6.91. The summed E-state index contributed by atoms with van der Waals surface area (Å²) >= 11 is 0. The van der Waals surface area contributed by atoms with Crippen molar-refractivity contribution in [2.24, 2.45) is 9.98 Å². The average Bonchev–Trinajstić information content (AvgIpc) is 2.72. The second kappa shape index (κ2) is 8.34. The van der Waals surface area contributed by atoms with Crippen LogP contribution in [0.15, 0.2) is 64.1 Å². The molecule has 0 aliphatic heterocycles. The van der Waals surface area contributed by atoms with Gasteiger partial charge in [0.25, 0.3) is 0 Å². The molecule has 0 unspecified atom stereocenters. The van der Waals surface area contributed by atoms with Crippen LogP contribution in [-0.2, 0) is 0 Å². The molecule has 0 atom stereocenters. The maximum absolute atomic E-state index is 12.9. The highest BCUT2D eigenvalue weighted by Gasteiger charge is 2.25. The largest absolute Gasteiger partial charge is 0.372 e. The van der Waals surface area contributed by atoms with Crippen molar-refractivity contribution in [1.82, 2.24) is 0 Å². The predicted octanol–water partition coefficient (Wildman–Crippen LogP) is 5.18. The summed E-state index contributed by atoms with van der Waals surface area (Å²) in [4.78, 5) is 24.3. The van der Waals surface area contributed by atoms with Crippen LogP contribution in [0.4, 0.5) is 11.4 Å². The molecule has 1 aliphatic rings. The topological polar surface area (TPSA) is 45.0 Å². The average molecular weight is 374 g/mol. The highest BCUT2D eigenvalue weighted by Crippen LogP contribution is 2.29. The number of allylic oxidation sites excluding steroid dienone is 2. The summed E-state index contributed by atoms with van der Waals surface area (Å²) in [7, 11) is 1.71. The number of carbonyl (C=O) groups excluding carboxylic acids is 1. The molecule has 0 amide bonds. The molecule has 0 aromatic heterocycles. The van der Waals surface area contributed by atoms with E-state index < -0.39 is 0 Å². The Bertz CT molecular complexity index is 995. The highest BCUT2D eigenvalue weighted by atomic mass is 16.1. The molecule has 0 heterocycles. The molecule has 0 fully saturated rings. The Labute approximate surface area is 167 Å². The lowest BCUT2D eigenvalue weighted by Gasteiger charge is -2.22. The third-order valence-corrected chi connectivity index (χ3v) is 5.25. The maximum Gasteiger partial charge on any atom is 0.195 e. The molecule has 0 radical (unpaired) electrons. The quantitative estimate of drug-likeness (QED) is 0.678. The van der Waals surface area contributed by atoms with Crippen molar-refractivity contribution in [1.29, 1.82) is 0 Å². The summed E-state index contributed by atoms with van der Waals surface area (Å²) in [6, 6.07) is 14.0. The minimum atomic E-state index is 0.00579. The molecule has 0 saturated heterocycles. The number of ketones is 1. The number of anilines is 1. The highest BCUT2D eigenvalue weighted by molar-refractivity contribution is 6.36. The number of nitrogens with zero attached hydrogens (tertiary/aromatic N) is 3. The van der Waals surface area contributed by atoms with Crippen molar-refractivity contribution in [3.63, 3.8) is 0 Å². The van der Waals surface area contributed by atoms with Gasteiger partial charge >= 0.3 is 0 Å². The van der Waals surface area contributed by atoms with Crippen molar-refractivity contribution in [3.8, 4) is 0 Å². The van der Waals surface area contributed by atoms with Crippen LogP contribution in [0, 0.1) is 6.92 Å². The minimum Gasteiger partial charge on any atom is -0.372 e. The molecule has 4 heteroatoms. The van der Waals surface area contributed by atoms with Gasteiger partial charge < -0.3 is 4.90 Å². The number of Topliss-reactive ketones (excluding diaryl/α,β-unsaturated/α-hetero) is 1. The SMILES string of the molecule is CCN(CC)c1ccc(N=C2C=C(C(C)=NC)C(=O)c3ccccc32)c(C)c1. The summed E-state index contributed by atoms with van der Waals surface area (Å²) < 4.78 is 0. The van der Waals surface area contributed by atoms with Gasteiger partial charge in [0.2, 0.25) is 0 Å². The van der Waals surface area contributed by atoms with Crippen LogP contribution in [-0.4, -0.2) is 37.3 Å². The fraction of sp³-hybridized carbons (Fsp3) is 0.292. The van der Waals surface area contributed by atoms with Gasteiger partial charge in [0, 0.05) is 48.2 Å². The zero-order chi connectivity index (χ0) is 20.3.